The van der Waals surface area contributed by atoms with Gasteiger partial charge in [0.25, 0.3) is 0 Å². The molecule has 0 radical (unpaired) electrons. The molecule has 0 aromatic heterocycles. The lowest BCUT2D eigenvalue weighted by Crippen LogP contribution is -2.52. The molecule has 17 heavy (non-hydrogen) atoms. The highest BCUT2D eigenvalue weighted by Crippen LogP contribution is 2.34. The number of anilines is 2. The van der Waals surface area contributed by atoms with Crippen LogP contribution in [-0.2, 0) is 0 Å². The average Bonchev–Trinajstić information content (AvgIpc) is 2.69. The molecule has 1 aromatic carbocycles. The molecule has 2 heterocycles. The van der Waals surface area contributed by atoms with Gasteiger partial charge >= 0.3 is 0 Å². The minimum atomic E-state index is -0.111. The Labute approximate surface area is 102 Å². The number of hydrogen-bond acceptors (Lipinski definition) is 4. The number of hydrogen-bond donors (Lipinski definition) is 2. The van der Waals surface area contributed by atoms with Gasteiger partial charge in [0.2, 0.25) is 0 Å². The third-order valence-electron chi connectivity index (χ3n) is 3.78. The Balaban J connectivity index is 1.75. The minimum Gasteiger partial charge on any atom is -0.393 e. The smallest absolute Gasteiger partial charge is 0.157 e. The second-order valence-corrected chi connectivity index (χ2v) is 4.91. The van der Waals surface area contributed by atoms with Crippen LogP contribution in [0.15, 0.2) is 24.3 Å². The molecule has 0 bridgehead atoms. The van der Waals surface area contributed by atoms with E-state index < -0.39 is 0 Å². The van der Waals surface area contributed by atoms with Gasteiger partial charge in [0.05, 0.1) is 17.5 Å². The van der Waals surface area contributed by atoms with E-state index in [-0.39, 0.29) is 12.4 Å². The summed E-state index contributed by atoms with van der Waals surface area (Å²) in [5.74, 6) is 0. The Bertz CT molecular complexity index is 401. The fraction of sp³-hybridized carbons (Fsp3) is 0.538. The molecule has 3 rings (SSSR count). The van der Waals surface area contributed by atoms with E-state index in [4.69, 9.17) is 0 Å². The Morgan fingerprint density at radius 2 is 1.94 bits per heavy atom. The maximum atomic E-state index is 9.55. The highest BCUT2D eigenvalue weighted by Gasteiger charge is 2.32. The van der Waals surface area contributed by atoms with Crippen molar-refractivity contribution in [1.82, 2.24) is 4.90 Å². The monoisotopic (exact) mass is 233 g/mol. The largest absolute Gasteiger partial charge is 0.393 e. The molecule has 2 N–H and O–H groups in total. The quantitative estimate of drug-likeness (QED) is 0.766. The van der Waals surface area contributed by atoms with E-state index in [1.807, 2.05) is 0 Å². The van der Waals surface area contributed by atoms with Crippen LogP contribution in [0, 0.1) is 0 Å². The van der Waals surface area contributed by atoms with Crippen molar-refractivity contribution in [1.29, 1.82) is 0 Å². The van der Waals surface area contributed by atoms with Crippen molar-refractivity contribution in [3.63, 3.8) is 0 Å². The second-order valence-electron chi connectivity index (χ2n) is 4.91. The maximum absolute atomic E-state index is 9.55. The van der Waals surface area contributed by atoms with Gasteiger partial charge in [-0.3, -0.25) is 4.90 Å². The molecule has 4 heteroatoms. The number of aliphatic hydroxyl groups excluding tert-OH is 1. The van der Waals surface area contributed by atoms with Crippen LogP contribution in [0.3, 0.4) is 0 Å². The van der Waals surface area contributed by atoms with Gasteiger partial charge in [0.15, 0.2) is 6.29 Å². The molecule has 2 aliphatic heterocycles. The van der Waals surface area contributed by atoms with Crippen molar-refractivity contribution in [2.45, 2.75) is 25.2 Å². The number of nitrogens with one attached hydrogen (secondary N) is 1. The molecular formula is C13H19N3O. The predicted molar refractivity (Wildman–Crippen MR) is 69.1 cm³/mol. The summed E-state index contributed by atoms with van der Waals surface area (Å²) < 4.78 is 0. The van der Waals surface area contributed by atoms with Gasteiger partial charge in [-0.05, 0) is 25.0 Å². The topological polar surface area (TPSA) is 38.7 Å². The normalized spacial score (nSPS) is 25.8. The number of fused-ring (bicyclic) bond motifs is 1. The van der Waals surface area contributed by atoms with Crippen molar-refractivity contribution >= 4 is 11.4 Å². The highest BCUT2D eigenvalue weighted by atomic mass is 16.3. The highest BCUT2D eigenvalue weighted by molar-refractivity contribution is 5.75. The van der Waals surface area contributed by atoms with E-state index in [0.29, 0.717) is 0 Å². The predicted octanol–water partition coefficient (Wildman–Crippen LogP) is 1.29. The summed E-state index contributed by atoms with van der Waals surface area (Å²) in [5, 5.41) is 13.1. The number of aliphatic hydroxyl groups is 1. The first-order chi connectivity index (χ1) is 8.25. The molecule has 0 saturated carbocycles. The fourth-order valence-corrected chi connectivity index (χ4v) is 2.74. The number of benzene rings is 1. The zero-order chi connectivity index (χ0) is 11.8. The summed E-state index contributed by atoms with van der Waals surface area (Å²) in [4.78, 5) is 4.67. The molecule has 0 aliphatic carbocycles. The molecule has 4 nitrogen and oxygen atoms in total. The van der Waals surface area contributed by atoms with Crippen LogP contribution in [0.4, 0.5) is 11.4 Å². The molecule has 1 aromatic rings. The van der Waals surface area contributed by atoms with E-state index in [0.717, 1.165) is 25.9 Å². The lowest BCUT2D eigenvalue weighted by Gasteiger charge is -2.37. The number of nitrogens with zero attached hydrogens (tertiary/aromatic N) is 2. The first-order valence-corrected chi connectivity index (χ1v) is 6.26. The first kappa shape index (κ1) is 10.9. The van der Waals surface area contributed by atoms with Crippen LogP contribution in [0.25, 0.3) is 0 Å². The summed E-state index contributed by atoms with van der Waals surface area (Å²) in [6.45, 7) is 1.91. The molecule has 1 fully saturated rings. The standard InChI is InChI=1S/C13H19N3O/c1-15-12-5-3-2-4-11(12)14-13(15)16-8-6-10(17)7-9-16/h2-5,10,13-14,17H,6-9H2,1H3. The number of rotatable bonds is 1. The number of para-hydroxylation sites is 2. The van der Waals surface area contributed by atoms with E-state index >= 15 is 0 Å². The minimum absolute atomic E-state index is 0.111. The lowest BCUT2D eigenvalue weighted by atomic mass is 10.1. The van der Waals surface area contributed by atoms with Crippen LogP contribution in [0.2, 0.25) is 0 Å². The number of piperidine rings is 1. The number of likely N-dealkylation sites (tertiary alicyclic amines) is 1. The molecule has 1 atom stereocenters. The lowest BCUT2D eigenvalue weighted by molar-refractivity contribution is 0.0679. The van der Waals surface area contributed by atoms with E-state index in [1.165, 1.54) is 11.4 Å². The van der Waals surface area contributed by atoms with Crippen LogP contribution < -0.4 is 10.2 Å². The van der Waals surface area contributed by atoms with Gasteiger partial charge in [0, 0.05) is 20.1 Å². The summed E-state index contributed by atoms with van der Waals surface area (Å²) in [7, 11) is 2.12. The summed E-state index contributed by atoms with van der Waals surface area (Å²) in [5.41, 5.74) is 2.45. The maximum Gasteiger partial charge on any atom is 0.157 e. The van der Waals surface area contributed by atoms with Crippen molar-refractivity contribution in [2.75, 3.05) is 30.4 Å². The molecule has 1 unspecified atom stereocenters. The van der Waals surface area contributed by atoms with Crippen LogP contribution in [-0.4, -0.2) is 42.5 Å². The van der Waals surface area contributed by atoms with E-state index in [1.54, 1.807) is 0 Å². The van der Waals surface area contributed by atoms with Crippen molar-refractivity contribution in [2.24, 2.45) is 0 Å². The van der Waals surface area contributed by atoms with E-state index in [2.05, 4.69) is 46.4 Å². The van der Waals surface area contributed by atoms with Gasteiger partial charge < -0.3 is 15.3 Å². The van der Waals surface area contributed by atoms with Crippen LogP contribution in [0.1, 0.15) is 12.8 Å². The second kappa shape index (κ2) is 4.20. The van der Waals surface area contributed by atoms with E-state index in [9.17, 15) is 5.11 Å². The Morgan fingerprint density at radius 3 is 2.65 bits per heavy atom. The molecule has 0 spiro atoms. The first-order valence-electron chi connectivity index (χ1n) is 6.26. The van der Waals surface area contributed by atoms with Crippen LogP contribution in [0.5, 0.6) is 0 Å². The summed E-state index contributed by atoms with van der Waals surface area (Å²) >= 11 is 0. The van der Waals surface area contributed by atoms with Gasteiger partial charge in [-0.25, -0.2) is 0 Å². The SMILES string of the molecule is CN1c2ccccc2NC1N1CCC(O)CC1. The molecule has 0 amide bonds. The van der Waals surface area contributed by atoms with Crippen molar-refractivity contribution < 1.29 is 5.11 Å². The molecule has 1 saturated heterocycles. The third-order valence-corrected chi connectivity index (χ3v) is 3.78. The van der Waals surface area contributed by atoms with Crippen molar-refractivity contribution in [3.8, 4) is 0 Å². The zero-order valence-corrected chi connectivity index (χ0v) is 10.1. The molecule has 2 aliphatic rings. The average molecular weight is 233 g/mol. The summed E-state index contributed by atoms with van der Waals surface area (Å²) in [6.07, 6.45) is 1.88. The van der Waals surface area contributed by atoms with Crippen LogP contribution >= 0.6 is 0 Å². The van der Waals surface area contributed by atoms with Gasteiger partial charge in [0.1, 0.15) is 0 Å². The zero-order valence-electron chi connectivity index (χ0n) is 10.1. The third kappa shape index (κ3) is 1.87. The van der Waals surface area contributed by atoms with Gasteiger partial charge in [-0.2, -0.15) is 0 Å². The Morgan fingerprint density at radius 1 is 1.24 bits per heavy atom. The fourth-order valence-electron chi connectivity index (χ4n) is 2.74. The Kier molecular flexibility index (Phi) is 2.68. The molecular weight excluding hydrogens is 214 g/mol. The van der Waals surface area contributed by atoms with Gasteiger partial charge in [-0.1, -0.05) is 12.1 Å². The summed E-state index contributed by atoms with van der Waals surface area (Å²) in [6, 6.07) is 8.38. The van der Waals surface area contributed by atoms with Crippen molar-refractivity contribution in [3.05, 3.63) is 24.3 Å². The van der Waals surface area contributed by atoms with Gasteiger partial charge in [-0.15, -0.1) is 0 Å². The Hall–Kier alpha value is -1.26. The molecule has 92 valence electrons.